The van der Waals surface area contributed by atoms with E-state index in [-0.39, 0.29) is 76.0 Å². The number of ether oxygens (including phenoxy) is 1. The lowest BCUT2D eigenvalue weighted by Gasteiger charge is -2.38. The number of hydrogen-bond acceptors (Lipinski definition) is 15. The third-order valence-electron chi connectivity index (χ3n) is 19.2. The average molecular weight is 1430 g/mol. The van der Waals surface area contributed by atoms with Crippen LogP contribution in [0.1, 0.15) is 145 Å². The van der Waals surface area contributed by atoms with E-state index in [0.29, 0.717) is 50.0 Å². The highest BCUT2D eigenvalue weighted by Crippen LogP contribution is 2.24. The molecule has 0 aliphatic carbocycles. The molecule has 2 saturated heterocycles. The topological polar surface area (TPSA) is 312 Å². The van der Waals surface area contributed by atoms with Gasteiger partial charge in [-0.3, -0.25) is 57.6 Å². The first-order chi connectivity index (χ1) is 47.9. The minimum absolute atomic E-state index is 0.0171. The summed E-state index contributed by atoms with van der Waals surface area (Å²) in [7, 11) is 12.0. The van der Waals surface area contributed by atoms with Crippen LogP contribution >= 0.6 is 0 Å². The molecule has 5 N–H and O–H groups in total. The Bertz CT molecular complexity index is 3110. The van der Waals surface area contributed by atoms with Crippen LogP contribution in [0, 0.1) is 23.7 Å². The molecule has 570 valence electrons. The fourth-order valence-electron chi connectivity index (χ4n) is 12.8. The zero-order valence-electron chi connectivity index (χ0n) is 64.2. The number of benzene rings is 2. The van der Waals surface area contributed by atoms with Crippen LogP contribution in [0.4, 0.5) is 4.79 Å². The van der Waals surface area contributed by atoms with Crippen molar-refractivity contribution >= 4 is 71.0 Å². The van der Waals surface area contributed by atoms with E-state index in [2.05, 4.69) is 21.3 Å². The number of rotatable bonds is 21. The number of urea groups is 1. The molecule has 11 atom stereocenters. The summed E-state index contributed by atoms with van der Waals surface area (Å²) in [5.41, 5.74) is 1.30. The molecule has 102 heavy (non-hydrogen) atoms. The monoisotopic (exact) mass is 1430 g/mol. The normalized spacial score (nSPS) is 24.7. The average Bonchev–Trinajstić information content (AvgIpc) is 0.816. The SMILES string of the molecule is CCCCN1C(=O)[C@H]([C@@H](C)O)NC(=O)[C@H](CC(C)C)N(C)C(=O)[C@@H](Cc2ccccc2)N(C)C(=O)[C@H](CC(C)C)NC(=O)[C@H](Cc2ccccc2)N(C)C(=O)[C@H](CC(C)C)N(C)C(=O)[C@H](COCCN(C)C)NC(=O)[C@H](C)N(C)C(=O)C[C@@H](C(=O)N2CCCCC2)NC(=O)[C@H](C(C)C)N(C)C1=O. The van der Waals surface area contributed by atoms with Gasteiger partial charge in [0.05, 0.1) is 25.7 Å². The number of nitrogens with one attached hydrogen (secondary N) is 4. The number of carbonyl (C=O) groups is 12. The Morgan fingerprint density at radius 3 is 1.55 bits per heavy atom. The van der Waals surface area contributed by atoms with Crippen molar-refractivity contribution in [1.82, 2.24) is 65.4 Å². The van der Waals surface area contributed by atoms with Gasteiger partial charge in [-0.15, -0.1) is 0 Å². The second-order valence-corrected chi connectivity index (χ2v) is 29.6. The Labute approximate surface area is 605 Å². The lowest BCUT2D eigenvalue weighted by atomic mass is 9.96. The summed E-state index contributed by atoms with van der Waals surface area (Å²) in [5, 5.41) is 22.7. The fourth-order valence-corrected chi connectivity index (χ4v) is 12.8. The molecule has 0 saturated carbocycles. The van der Waals surface area contributed by atoms with Crippen LogP contribution < -0.4 is 21.3 Å². The zero-order chi connectivity index (χ0) is 76.6. The molecule has 27 nitrogen and oxygen atoms in total. The third kappa shape index (κ3) is 24.9. The number of piperidine rings is 1. The Balaban J connectivity index is 2.03. The largest absolute Gasteiger partial charge is 0.391 e. The minimum Gasteiger partial charge on any atom is -0.391 e. The smallest absolute Gasteiger partial charge is 0.327 e. The van der Waals surface area contributed by atoms with E-state index in [4.69, 9.17) is 4.74 Å². The molecule has 0 radical (unpaired) electrons. The number of aliphatic hydroxyl groups excluding tert-OH is 1. The number of aliphatic hydroxyl groups is 1. The molecule has 0 bridgehead atoms. The number of unbranched alkanes of at least 4 members (excludes halogenated alkanes) is 1. The van der Waals surface area contributed by atoms with E-state index < -0.39 is 150 Å². The Hall–Kier alpha value is -8.04. The highest BCUT2D eigenvalue weighted by atomic mass is 16.5. The Morgan fingerprint density at radius 1 is 0.549 bits per heavy atom. The summed E-state index contributed by atoms with van der Waals surface area (Å²) >= 11 is 0. The number of carbonyl (C=O) groups excluding carboxylic acids is 12. The number of imide groups is 1. The van der Waals surface area contributed by atoms with Gasteiger partial charge in [0.2, 0.25) is 59.1 Å². The fraction of sp³-hybridized carbons (Fsp3) is 0.680. The van der Waals surface area contributed by atoms with E-state index in [1.54, 1.807) is 79.4 Å². The van der Waals surface area contributed by atoms with Gasteiger partial charge in [0.15, 0.2) is 0 Å². The van der Waals surface area contributed by atoms with E-state index in [9.17, 15) is 24.3 Å². The van der Waals surface area contributed by atoms with E-state index >= 15 is 38.4 Å². The molecule has 2 heterocycles. The standard InChI is InChI=1S/C75H121N13O14/c1-20-21-37-88-74(100)63(52(11)89)79-67(93)58(41-48(4)5)82(15)73(99)61(44-54-33-27-23-28-34-54)85(18)69(95)55(40-47(2)3)76-66(92)59(43-53-31-25-22-26-32-53)83(16)72(98)60(42-49(6)7)84(17)70(96)57(46-102-39-38-80(12)13)78-65(91)51(10)81(14)62(90)45-56(71(97)87-35-29-24-30-36-87)77-68(94)64(50(8)9)86(19)75(88)101/h22-23,25-28,31-34,47-52,55-61,63-64,89H,20-21,24,29-30,35-46H2,1-19H3,(H,76,92)(H,77,94)(H,78,91)(H,79,93)/t51-,52+,55-,56-,57-,58-,59-,60-,61+,63-,64-/m0/s1. The van der Waals surface area contributed by atoms with E-state index in [0.717, 1.165) is 21.1 Å². The Kier molecular flexibility index (Phi) is 35.0. The number of likely N-dealkylation sites (tertiary alicyclic amines) is 1. The molecule has 0 aromatic heterocycles. The van der Waals surface area contributed by atoms with Gasteiger partial charge in [-0.1, -0.05) is 129 Å². The molecule has 2 aromatic rings. The summed E-state index contributed by atoms with van der Waals surface area (Å²) in [6.07, 6.45) is 0.650. The van der Waals surface area contributed by atoms with Crippen molar-refractivity contribution in [2.75, 3.05) is 95.8 Å². The van der Waals surface area contributed by atoms with Gasteiger partial charge in [0.25, 0.3) is 5.91 Å². The Morgan fingerprint density at radius 2 is 1.03 bits per heavy atom. The summed E-state index contributed by atoms with van der Waals surface area (Å²) < 4.78 is 6.04. The molecule has 0 unspecified atom stereocenters. The van der Waals surface area contributed by atoms with Crippen LogP contribution in [0.15, 0.2) is 60.7 Å². The van der Waals surface area contributed by atoms with Crippen LogP contribution in [-0.2, 0) is 70.3 Å². The first-order valence-electron chi connectivity index (χ1n) is 36.3. The summed E-state index contributed by atoms with van der Waals surface area (Å²) in [6.45, 7) is 19.6. The summed E-state index contributed by atoms with van der Waals surface area (Å²) in [4.78, 5) is 193. The van der Waals surface area contributed by atoms with Crippen LogP contribution in [0.3, 0.4) is 0 Å². The molecule has 27 heteroatoms. The van der Waals surface area contributed by atoms with Gasteiger partial charge < -0.3 is 70.3 Å². The minimum atomic E-state index is -1.80. The van der Waals surface area contributed by atoms with Crippen LogP contribution in [0.2, 0.25) is 0 Å². The van der Waals surface area contributed by atoms with Crippen LogP contribution in [0.5, 0.6) is 0 Å². The molecular formula is C75H121N13O14. The molecule has 2 aliphatic rings. The van der Waals surface area contributed by atoms with Crippen molar-refractivity contribution in [3.05, 3.63) is 71.8 Å². The maximum atomic E-state index is 15.6. The quantitative estimate of drug-likeness (QED) is 0.111. The zero-order valence-corrected chi connectivity index (χ0v) is 64.2. The highest BCUT2D eigenvalue weighted by molar-refractivity contribution is 6.03. The van der Waals surface area contributed by atoms with Gasteiger partial charge in [0.1, 0.15) is 60.4 Å². The highest BCUT2D eigenvalue weighted by Gasteiger charge is 2.45. The van der Waals surface area contributed by atoms with Crippen molar-refractivity contribution < 1.29 is 67.4 Å². The lowest BCUT2D eigenvalue weighted by Crippen LogP contribution is -2.63. The number of amides is 13. The second-order valence-electron chi connectivity index (χ2n) is 29.6. The van der Waals surface area contributed by atoms with Gasteiger partial charge in [-0.05, 0) is 108 Å². The third-order valence-corrected chi connectivity index (χ3v) is 19.2. The number of likely N-dealkylation sites (N-methyl/N-ethyl adjacent to an activating group) is 7. The lowest BCUT2D eigenvalue weighted by molar-refractivity contribution is -0.151. The van der Waals surface area contributed by atoms with Gasteiger partial charge in [0, 0.05) is 81.3 Å². The number of nitrogens with zero attached hydrogens (tertiary/aromatic N) is 9. The predicted octanol–water partition coefficient (Wildman–Crippen LogP) is 3.78. The molecule has 2 aromatic carbocycles. The first kappa shape index (κ1) is 86.4. The molecular weight excluding hydrogens is 1310 g/mol. The molecule has 2 aliphatic heterocycles. The van der Waals surface area contributed by atoms with Crippen molar-refractivity contribution in [2.45, 2.75) is 213 Å². The molecule has 4 rings (SSSR count). The summed E-state index contributed by atoms with van der Waals surface area (Å²) in [6, 6.07) is 2.80. The maximum absolute atomic E-state index is 15.6. The van der Waals surface area contributed by atoms with Gasteiger partial charge in [-0.25, -0.2) is 4.79 Å². The van der Waals surface area contributed by atoms with E-state index in [1.807, 2.05) is 67.5 Å². The first-order valence-corrected chi connectivity index (χ1v) is 36.3. The van der Waals surface area contributed by atoms with Crippen molar-refractivity contribution in [3.8, 4) is 0 Å². The molecule has 0 spiro atoms. The maximum Gasteiger partial charge on any atom is 0.327 e. The van der Waals surface area contributed by atoms with E-state index in [1.165, 1.54) is 75.7 Å². The van der Waals surface area contributed by atoms with Gasteiger partial charge >= 0.3 is 6.03 Å². The van der Waals surface area contributed by atoms with Crippen LogP contribution in [0.25, 0.3) is 0 Å². The van der Waals surface area contributed by atoms with Crippen molar-refractivity contribution in [3.63, 3.8) is 0 Å². The summed E-state index contributed by atoms with van der Waals surface area (Å²) in [5.74, 6) is -9.79. The van der Waals surface area contributed by atoms with Gasteiger partial charge in [-0.2, -0.15) is 0 Å². The molecule has 13 amide bonds. The predicted molar refractivity (Wildman–Crippen MR) is 389 cm³/mol. The van der Waals surface area contributed by atoms with Crippen molar-refractivity contribution in [1.29, 1.82) is 0 Å². The van der Waals surface area contributed by atoms with Crippen molar-refractivity contribution in [2.24, 2.45) is 23.7 Å². The number of hydrogen-bond donors (Lipinski definition) is 5. The second kappa shape index (κ2) is 41.3. The molecule has 2 fully saturated rings. The van der Waals surface area contributed by atoms with Crippen LogP contribution in [-0.4, -0.2) is 283 Å².